The molecule has 0 aliphatic carbocycles. The summed E-state index contributed by atoms with van der Waals surface area (Å²) in [4.78, 5) is 21.3. The van der Waals surface area contributed by atoms with Gasteiger partial charge in [-0.3, -0.25) is 4.79 Å². The van der Waals surface area contributed by atoms with E-state index in [0.717, 1.165) is 12.1 Å². The maximum atomic E-state index is 13.8. The molecule has 0 amide bonds. The molecule has 47 heavy (non-hydrogen) atoms. The highest BCUT2D eigenvalue weighted by Crippen LogP contribution is 2.38. The van der Waals surface area contributed by atoms with Crippen LogP contribution in [-0.4, -0.2) is 60.2 Å². The Morgan fingerprint density at radius 2 is 1.62 bits per heavy atom. The van der Waals surface area contributed by atoms with Crippen molar-refractivity contribution in [1.82, 2.24) is 9.97 Å². The number of methoxy groups -OCH3 is 2. The number of hydrogen-bond acceptors (Lipinski definition) is 10. The monoisotopic (exact) mass is 656 g/mol. The van der Waals surface area contributed by atoms with Crippen molar-refractivity contribution in [3.05, 3.63) is 65.0 Å². The highest BCUT2D eigenvalue weighted by molar-refractivity contribution is 6.62. The Morgan fingerprint density at radius 1 is 1.00 bits per heavy atom. The van der Waals surface area contributed by atoms with Gasteiger partial charge in [0.25, 0.3) is 0 Å². The minimum absolute atomic E-state index is 0.0523. The number of anilines is 1. The number of aromatic nitrogens is 2. The predicted octanol–water partition coefficient (Wildman–Crippen LogP) is 5.13. The molecule has 0 atom stereocenters. The number of carboxylic acid groups (broad SMARTS) is 1. The van der Waals surface area contributed by atoms with Gasteiger partial charge in [0.05, 0.1) is 61.6 Å². The second kappa shape index (κ2) is 14.1. The van der Waals surface area contributed by atoms with E-state index in [1.807, 2.05) is 27.7 Å². The van der Waals surface area contributed by atoms with Crippen molar-refractivity contribution in [2.24, 2.45) is 0 Å². The number of ether oxygens (including phenoxy) is 3. The summed E-state index contributed by atoms with van der Waals surface area (Å²) in [6.45, 7) is 7.73. The Morgan fingerprint density at radius 3 is 2.17 bits per heavy atom. The number of carboxylic acids is 1. The van der Waals surface area contributed by atoms with Crippen LogP contribution in [0.4, 0.5) is 19.1 Å². The molecule has 11 nitrogen and oxygen atoms in total. The van der Waals surface area contributed by atoms with Gasteiger partial charge in [-0.25, -0.2) is 9.97 Å². The van der Waals surface area contributed by atoms with Crippen molar-refractivity contribution < 1.29 is 46.6 Å². The van der Waals surface area contributed by atoms with Crippen molar-refractivity contribution in [3.63, 3.8) is 0 Å². The fourth-order valence-corrected chi connectivity index (χ4v) is 4.86. The second-order valence-electron chi connectivity index (χ2n) is 11.9. The summed E-state index contributed by atoms with van der Waals surface area (Å²) in [7, 11) is 2.16. The fourth-order valence-electron chi connectivity index (χ4n) is 4.86. The zero-order valence-corrected chi connectivity index (χ0v) is 27.0. The Bertz CT molecular complexity index is 1610. The van der Waals surface area contributed by atoms with Crippen molar-refractivity contribution >= 4 is 24.5 Å². The summed E-state index contributed by atoms with van der Waals surface area (Å²) in [6, 6.07) is 8.44. The first-order chi connectivity index (χ1) is 22.1. The number of halogens is 3. The molecule has 2 heterocycles. The zero-order chi connectivity index (χ0) is 34.6. The Kier molecular flexibility index (Phi) is 10.6. The first kappa shape index (κ1) is 35.3. The fraction of sp³-hybridized carbons (Fsp3) is 0.438. The van der Waals surface area contributed by atoms with Crippen LogP contribution in [-0.2, 0) is 33.4 Å². The maximum Gasteiger partial charge on any atom is 0.495 e. The van der Waals surface area contributed by atoms with Gasteiger partial charge in [-0.05, 0) is 81.0 Å². The van der Waals surface area contributed by atoms with E-state index < -0.39 is 36.0 Å². The standard InChI is InChI=1S/C32H36BF3N4O7/c1-30(2)31(3,4)47-33(46-30)25-14-27(44-6)26(43-5)13-22(25)19-40(18-21-10-20(15-37)11-23(12-21)32(34,35)36)29-38-16-24(17-39-29)45-9-7-8-28(41)42/h10-14,16-17H,7-9,18-19H2,1-6H3,(H,41,42). The summed E-state index contributed by atoms with van der Waals surface area (Å²) in [5.74, 6) is 0.312. The van der Waals surface area contributed by atoms with Gasteiger partial charge >= 0.3 is 19.3 Å². The van der Waals surface area contributed by atoms with Crippen LogP contribution in [0.15, 0.2) is 42.7 Å². The lowest BCUT2D eigenvalue weighted by Crippen LogP contribution is -2.41. The van der Waals surface area contributed by atoms with E-state index in [1.54, 1.807) is 23.1 Å². The van der Waals surface area contributed by atoms with Gasteiger partial charge in [0.2, 0.25) is 5.95 Å². The van der Waals surface area contributed by atoms with E-state index in [0.29, 0.717) is 22.5 Å². The molecule has 0 radical (unpaired) electrons. The van der Waals surface area contributed by atoms with Gasteiger partial charge in [-0.2, -0.15) is 18.4 Å². The molecule has 15 heteroatoms. The lowest BCUT2D eigenvalue weighted by Gasteiger charge is -2.32. The van der Waals surface area contributed by atoms with Crippen LogP contribution < -0.4 is 24.6 Å². The van der Waals surface area contributed by atoms with E-state index in [2.05, 4.69) is 9.97 Å². The summed E-state index contributed by atoms with van der Waals surface area (Å²) >= 11 is 0. The molecule has 3 aromatic rings. The summed E-state index contributed by atoms with van der Waals surface area (Å²) in [5, 5.41) is 18.3. The molecule has 2 aromatic carbocycles. The van der Waals surface area contributed by atoms with Crippen LogP contribution in [0.3, 0.4) is 0 Å². The Labute approximate surface area is 271 Å². The number of aliphatic carboxylic acids is 1. The van der Waals surface area contributed by atoms with E-state index >= 15 is 0 Å². The topological polar surface area (TPSA) is 136 Å². The summed E-state index contributed by atoms with van der Waals surface area (Å²) < 4.78 is 70.7. The quantitative estimate of drug-likeness (QED) is 0.194. The molecule has 250 valence electrons. The molecule has 1 aliphatic rings. The largest absolute Gasteiger partial charge is 0.495 e. The van der Waals surface area contributed by atoms with E-state index in [4.69, 9.17) is 28.6 Å². The second-order valence-corrected chi connectivity index (χ2v) is 11.9. The molecular weight excluding hydrogens is 620 g/mol. The highest BCUT2D eigenvalue weighted by atomic mass is 19.4. The first-order valence-electron chi connectivity index (χ1n) is 14.7. The zero-order valence-electron chi connectivity index (χ0n) is 27.0. The predicted molar refractivity (Wildman–Crippen MR) is 166 cm³/mol. The average molecular weight is 656 g/mol. The normalized spacial score (nSPS) is 15.2. The number of nitrogens with zero attached hydrogens (tertiary/aromatic N) is 4. The molecule has 1 aliphatic heterocycles. The van der Waals surface area contributed by atoms with Crippen molar-refractivity contribution in [1.29, 1.82) is 5.26 Å². The van der Waals surface area contributed by atoms with Gasteiger partial charge in [0.1, 0.15) is 0 Å². The molecular formula is C32H36BF3N4O7. The number of alkyl halides is 3. The van der Waals surface area contributed by atoms with Crippen LogP contribution >= 0.6 is 0 Å². The van der Waals surface area contributed by atoms with E-state index in [-0.39, 0.29) is 55.4 Å². The third-order valence-corrected chi connectivity index (χ3v) is 8.04. The number of benzene rings is 2. The van der Waals surface area contributed by atoms with Crippen LogP contribution in [0.1, 0.15) is 62.8 Å². The maximum absolute atomic E-state index is 13.8. The summed E-state index contributed by atoms with van der Waals surface area (Å²) in [6.07, 6.45) is -1.67. The van der Waals surface area contributed by atoms with Gasteiger partial charge in [-0.15, -0.1) is 0 Å². The van der Waals surface area contributed by atoms with E-state index in [1.165, 1.54) is 32.7 Å². The Balaban J connectivity index is 1.77. The first-order valence-corrected chi connectivity index (χ1v) is 14.7. The average Bonchev–Trinajstić information content (AvgIpc) is 3.24. The minimum Gasteiger partial charge on any atom is -0.493 e. The van der Waals surface area contributed by atoms with Crippen LogP contribution in [0.2, 0.25) is 0 Å². The molecule has 0 saturated carbocycles. The number of rotatable bonds is 13. The van der Waals surface area contributed by atoms with Crippen LogP contribution in [0, 0.1) is 11.3 Å². The molecule has 0 bridgehead atoms. The molecule has 1 saturated heterocycles. The van der Waals surface area contributed by atoms with Crippen molar-refractivity contribution in [3.8, 4) is 23.3 Å². The van der Waals surface area contributed by atoms with Gasteiger partial charge in [-0.1, -0.05) is 0 Å². The third kappa shape index (κ3) is 8.44. The smallest absolute Gasteiger partial charge is 0.493 e. The number of hydrogen-bond donors (Lipinski definition) is 1. The molecule has 0 unspecified atom stereocenters. The van der Waals surface area contributed by atoms with Gasteiger partial charge < -0.3 is 33.5 Å². The summed E-state index contributed by atoms with van der Waals surface area (Å²) in [5.41, 5.74) is -1.01. The van der Waals surface area contributed by atoms with E-state index in [9.17, 15) is 23.2 Å². The van der Waals surface area contributed by atoms with Crippen molar-refractivity contribution in [2.45, 2.75) is 71.0 Å². The highest BCUT2D eigenvalue weighted by Gasteiger charge is 2.52. The molecule has 1 fully saturated rings. The lowest BCUT2D eigenvalue weighted by molar-refractivity contribution is -0.138. The van der Waals surface area contributed by atoms with Gasteiger partial charge in [0.15, 0.2) is 17.2 Å². The SMILES string of the molecule is COc1cc(CN(Cc2cc(C#N)cc(C(F)(F)F)c2)c2ncc(OCCCC(=O)O)cn2)c(B2OC(C)(C)C(C)(C)O2)cc1OC. The van der Waals surface area contributed by atoms with Crippen molar-refractivity contribution in [2.75, 3.05) is 25.7 Å². The van der Waals surface area contributed by atoms with Crippen LogP contribution in [0.5, 0.6) is 17.2 Å². The molecule has 0 spiro atoms. The molecule has 1 aromatic heterocycles. The Hall–Kier alpha value is -4.55. The van der Waals surface area contributed by atoms with Gasteiger partial charge in [0, 0.05) is 19.5 Å². The molecule has 4 rings (SSSR count). The third-order valence-electron chi connectivity index (χ3n) is 8.04. The number of carbonyl (C=O) groups is 1. The minimum atomic E-state index is -4.67. The van der Waals surface area contributed by atoms with Crippen LogP contribution in [0.25, 0.3) is 0 Å². The number of nitriles is 1. The lowest BCUT2D eigenvalue weighted by atomic mass is 9.75. The molecule has 1 N–H and O–H groups in total.